The molecule has 7 heteroatoms. The largest absolute Gasteiger partial charge is 0.378 e. The Labute approximate surface area is 135 Å². The number of aromatic nitrogens is 4. The van der Waals surface area contributed by atoms with Crippen LogP contribution in [0.2, 0.25) is 0 Å². The highest BCUT2D eigenvalue weighted by Gasteiger charge is 2.12. The number of halogens is 1. The molecule has 0 aliphatic carbocycles. The van der Waals surface area contributed by atoms with E-state index in [1.165, 1.54) is 23.5 Å². The van der Waals surface area contributed by atoms with Crippen LogP contribution >= 0.6 is 11.3 Å². The molecule has 0 fully saturated rings. The summed E-state index contributed by atoms with van der Waals surface area (Å²) in [6, 6.07) is 16.2. The Morgan fingerprint density at radius 1 is 1.00 bits per heavy atom. The summed E-state index contributed by atoms with van der Waals surface area (Å²) in [6.07, 6.45) is 0. The number of hydrogen-bond acceptors (Lipinski definition) is 5. The molecule has 114 valence electrons. The number of fused-ring (bicyclic) bond motifs is 1. The zero-order valence-electron chi connectivity index (χ0n) is 12.0. The molecule has 0 bridgehead atoms. The van der Waals surface area contributed by atoms with Crippen molar-refractivity contribution in [3.05, 3.63) is 66.2 Å². The molecule has 4 aromatic rings. The molecule has 0 aliphatic heterocycles. The second-order valence-corrected chi connectivity index (χ2v) is 5.90. The van der Waals surface area contributed by atoms with E-state index in [0.29, 0.717) is 11.5 Å². The van der Waals surface area contributed by atoms with E-state index < -0.39 is 0 Å². The third-order valence-corrected chi connectivity index (χ3v) is 4.32. The molecule has 2 aromatic carbocycles. The molecule has 0 unspecified atom stereocenters. The molecule has 0 spiro atoms. The van der Waals surface area contributed by atoms with Crippen LogP contribution in [0.4, 0.5) is 10.1 Å². The zero-order chi connectivity index (χ0) is 15.6. The van der Waals surface area contributed by atoms with Gasteiger partial charge in [-0.3, -0.25) is 0 Å². The van der Waals surface area contributed by atoms with Crippen molar-refractivity contribution in [2.45, 2.75) is 6.54 Å². The fourth-order valence-corrected chi connectivity index (χ4v) is 3.08. The van der Waals surface area contributed by atoms with Crippen molar-refractivity contribution >= 4 is 22.0 Å². The zero-order valence-corrected chi connectivity index (χ0v) is 12.8. The summed E-state index contributed by atoms with van der Waals surface area (Å²) < 4.78 is 14.7. The summed E-state index contributed by atoms with van der Waals surface area (Å²) >= 11 is 1.43. The predicted octanol–water partition coefficient (Wildman–Crippen LogP) is 3.60. The van der Waals surface area contributed by atoms with Gasteiger partial charge in [-0.05, 0) is 36.4 Å². The summed E-state index contributed by atoms with van der Waals surface area (Å²) in [5.74, 6) is 0.470. The van der Waals surface area contributed by atoms with Crippen molar-refractivity contribution in [3.8, 4) is 10.6 Å². The van der Waals surface area contributed by atoms with Crippen LogP contribution in [0.15, 0.2) is 54.6 Å². The lowest BCUT2D eigenvalue weighted by Crippen LogP contribution is -2.04. The minimum atomic E-state index is -0.260. The molecular formula is C16H12FN5S. The molecule has 0 radical (unpaired) electrons. The molecule has 0 saturated heterocycles. The Bertz CT molecular complexity index is 930. The lowest BCUT2D eigenvalue weighted by atomic mass is 10.2. The van der Waals surface area contributed by atoms with Gasteiger partial charge in [0.05, 0.1) is 6.54 Å². The summed E-state index contributed by atoms with van der Waals surface area (Å²) in [5.41, 5.74) is 1.88. The van der Waals surface area contributed by atoms with Crippen molar-refractivity contribution in [1.82, 2.24) is 19.8 Å². The van der Waals surface area contributed by atoms with Crippen LogP contribution in [0.3, 0.4) is 0 Å². The molecule has 0 amide bonds. The maximum atomic E-state index is 13.0. The monoisotopic (exact) mass is 325 g/mol. The van der Waals surface area contributed by atoms with Gasteiger partial charge in [0.25, 0.3) is 0 Å². The van der Waals surface area contributed by atoms with Gasteiger partial charge < -0.3 is 5.32 Å². The first-order chi connectivity index (χ1) is 11.3. The Morgan fingerprint density at radius 2 is 1.78 bits per heavy atom. The highest BCUT2D eigenvalue weighted by Crippen LogP contribution is 2.25. The van der Waals surface area contributed by atoms with Gasteiger partial charge in [0, 0.05) is 11.3 Å². The molecule has 5 nitrogen and oxygen atoms in total. The van der Waals surface area contributed by atoms with Gasteiger partial charge in [0.2, 0.25) is 4.96 Å². The van der Waals surface area contributed by atoms with E-state index in [4.69, 9.17) is 0 Å². The van der Waals surface area contributed by atoms with Gasteiger partial charge in [-0.1, -0.05) is 29.5 Å². The van der Waals surface area contributed by atoms with Gasteiger partial charge in [0.1, 0.15) is 10.8 Å². The Kier molecular flexibility index (Phi) is 3.47. The maximum absolute atomic E-state index is 13.0. The third-order valence-electron chi connectivity index (χ3n) is 3.37. The highest BCUT2D eigenvalue weighted by atomic mass is 32.1. The molecule has 23 heavy (non-hydrogen) atoms. The maximum Gasteiger partial charge on any atom is 0.235 e. The number of benzene rings is 2. The molecule has 0 atom stereocenters. The normalized spacial score (nSPS) is 11.0. The van der Waals surface area contributed by atoms with E-state index in [0.717, 1.165) is 22.1 Å². The standard InChI is InChI=1S/C16H12FN5S/c17-12-8-6-11(7-9-12)15-21-22-14(19-20-16(22)23-15)10-18-13-4-2-1-3-5-13/h1-9,18H,10H2. The van der Waals surface area contributed by atoms with Crippen molar-refractivity contribution in [1.29, 1.82) is 0 Å². The van der Waals surface area contributed by atoms with Crippen LogP contribution < -0.4 is 5.32 Å². The first-order valence-electron chi connectivity index (χ1n) is 7.05. The minimum absolute atomic E-state index is 0.260. The average Bonchev–Trinajstić information content (AvgIpc) is 3.15. The number of anilines is 1. The lowest BCUT2D eigenvalue weighted by Gasteiger charge is -2.03. The van der Waals surface area contributed by atoms with E-state index in [1.807, 2.05) is 30.3 Å². The van der Waals surface area contributed by atoms with Crippen LogP contribution in [0, 0.1) is 5.82 Å². The van der Waals surface area contributed by atoms with Gasteiger partial charge in [-0.2, -0.15) is 9.61 Å². The van der Waals surface area contributed by atoms with Crippen molar-refractivity contribution < 1.29 is 4.39 Å². The van der Waals surface area contributed by atoms with E-state index in [-0.39, 0.29) is 5.82 Å². The van der Waals surface area contributed by atoms with Crippen LogP contribution in [0.5, 0.6) is 0 Å². The SMILES string of the molecule is Fc1ccc(-c2nn3c(CNc4ccccc4)nnc3s2)cc1. The Morgan fingerprint density at radius 3 is 2.57 bits per heavy atom. The van der Waals surface area contributed by atoms with Gasteiger partial charge in [-0.15, -0.1) is 10.2 Å². The molecule has 0 aliphatic rings. The Balaban J connectivity index is 1.60. The first kappa shape index (κ1) is 13.8. The van der Waals surface area contributed by atoms with Gasteiger partial charge in [0.15, 0.2) is 5.82 Å². The molecule has 2 heterocycles. The van der Waals surface area contributed by atoms with Crippen molar-refractivity contribution in [2.75, 3.05) is 5.32 Å². The van der Waals surface area contributed by atoms with E-state index >= 15 is 0 Å². The quantitative estimate of drug-likeness (QED) is 0.623. The molecule has 1 N–H and O–H groups in total. The Hall–Kier alpha value is -2.80. The van der Waals surface area contributed by atoms with Crippen LogP contribution in [0.25, 0.3) is 15.5 Å². The number of nitrogens with one attached hydrogen (secondary N) is 1. The van der Waals surface area contributed by atoms with E-state index in [1.54, 1.807) is 16.6 Å². The second-order valence-electron chi connectivity index (χ2n) is 4.94. The number of nitrogens with zero attached hydrogens (tertiary/aromatic N) is 4. The summed E-state index contributed by atoms with van der Waals surface area (Å²) in [7, 11) is 0. The first-order valence-corrected chi connectivity index (χ1v) is 7.87. The van der Waals surface area contributed by atoms with E-state index in [2.05, 4.69) is 20.6 Å². The fourth-order valence-electron chi connectivity index (χ4n) is 2.21. The predicted molar refractivity (Wildman–Crippen MR) is 87.8 cm³/mol. The second kappa shape index (κ2) is 5.77. The third kappa shape index (κ3) is 2.78. The smallest absolute Gasteiger partial charge is 0.235 e. The highest BCUT2D eigenvalue weighted by molar-refractivity contribution is 7.19. The van der Waals surface area contributed by atoms with Gasteiger partial charge >= 0.3 is 0 Å². The fraction of sp³-hybridized carbons (Fsp3) is 0.0625. The van der Waals surface area contributed by atoms with Crippen LogP contribution in [0.1, 0.15) is 5.82 Å². The lowest BCUT2D eigenvalue weighted by molar-refractivity contribution is 0.628. The number of rotatable bonds is 4. The molecular weight excluding hydrogens is 313 g/mol. The number of hydrogen-bond donors (Lipinski definition) is 1. The van der Waals surface area contributed by atoms with Crippen LogP contribution in [-0.4, -0.2) is 19.8 Å². The topological polar surface area (TPSA) is 55.1 Å². The van der Waals surface area contributed by atoms with Crippen LogP contribution in [-0.2, 0) is 6.54 Å². The summed E-state index contributed by atoms with van der Waals surface area (Å²) in [6.45, 7) is 0.526. The van der Waals surface area contributed by atoms with E-state index in [9.17, 15) is 4.39 Å². The summed E-state index contributed by atoms with van der Waals surface area (Å²) in [4.78, 5) is 0.717. The van der Waals surface area contributed by atoms with Gasteiger partial charge in [-0.25, -0.2) is 4.39 Å². The summed E-state index contributed by atoms with van der Waals surface area (Å²) in [5, 5.41) is 16.9. The minimum Gasteiger partial charge on any atom is -0.378 e. The average molecular weight is 325 g/mol. The molecule has 2 aromatic heterocycles. The number of para-hydroxylation sites is 1. The van der Waals surface area contributed by atoms with Crippen molar-refractivity contribution in [2.24, 2.45) is 0 Å². The molecule has 4 rings (SSSR count). The van der Waals surface area contributed by atoms with Crippen molar-refractivity contribution in [3.63, 3.8) is 0 Å². The molecule has 0 saturated carbocycles.